The molecule has 2 saturated carbocycles. The monoisotopic (exact) mass is 1150 g/mol. The van der Waals surface area contributed by atoms with Crippen LogP contribution in [0.5, 0.6) is 0 Å². The Labute approximate surface area is 477 Å². The summed E-state index contributed by atoms with van der Waals surface area (Å²) in [4.78, 5) is 81.2. The molecule has 4 aromatic carbocycles. The predicted octanol–water partition coefficient (Wildman–Crippen LogP) is 7.98. The molecule has 10 rings (SSSR count). The summed E-state index contributed by atoms with van der Waals surface area (Å²) in [5.41, 5.74) is 9.37. The molecule has 19 heteroatoms. The number of aryl methyl sites for hydroxylation is 2. The summed E-state index contributed by atoms with van der Waals surface area (Å²) in [6.07, 6.45) is 14.3. The van der Waals surface area contributed by atoms with Crippen molar-refractivity contribution in [1.29, 1.82) is 0 Å². The molecule has 0 unspecified atom stereocenters. The van der Waals surface area contributed by atoms with E-state index in [0.717, 1.165) is 21.0 Å². The van der Waals surface area contributed by atoms with Gasteiger partial charge in [-0.15, -0.1) is 0 Å². The van der Waals surface area contributed by atoms with E-state index in [1.165, 1.54) is 108 Å². The number of hydrogen-bond donors (Lipinski definition) is 0. The minimum atomic E-state index is -3.41. The van der Waals surface area contributed by atoms with Gasteiger partial charge in [0.05, 0.1) is 45.0 Å². The summed E-state index contributed by atoms with van der Waals surface area (Å²) in [6, 6.07) is 26.9. The third kappa shape index (κ3) is 14.0. The Bertz CT molecular complexity index is 3070. The summed E-state index contributed by atoms with van der Waals surface area (Å²) in [7, 11) is -3.41. The van der Waals surface area contributed by atoms with E-state index in [4.69, 9.17) is 23.4 Å². The van der Waals surface area contributed by atoms with Crippen LogP contribution in [-0.4, -0.2) is 77.8 Å². The first-order chi connectivity index (χ1) is 34.0. The normalized spacial score (nSPS) is 15.2. The molecule has 4 heterocycles. The van der Waals surface area contributed by atoms with E-state index in [1.807, 2.05) is 12.1 Å². The van der Waals surface area contributed by atoms with Gasteiger partial charge in [-0.3, -0.25) is 18.7 Å². The van der Waals surface area contributed by atoms with Gasteiger partial charge in [0.2, 0.25) is 0 Å². The van der Waals surface area contributed by atoms with Crippen LogP contribution in [0.2, 0.25) is 0 Å². The van der Waals surface area contributed by atoms with Gasteiger partial charge in [0, 0.05) is 52.6 Å². The second kappa shape index (κ2) is 27.2. The third-order valence-corrected chi connectivity index (χ3v) is 15.3. The van der Waals surface area contributed by atoms with Crippen LogP contribution in [0, 0.1) is 13.8 Å². The van der Waals surface area contributed by atoms with E-state index in [-0.39, 0.29) is 82.1 Å². The Morgan fingerprint density at radius 3 is 1.35 bits per heavy atom. The molecule has 2 aliphatic heterocycles. The van der Waals surface area contributed by atoms with Gasteiger partial charge in [-0.1, -0.05) is 99.2 Å². The van der Waals surface area contributed by atoms with E-state index < -0.39 is 21.9 Å². The smallest absolute Gasteiger partial charge is 0.587 e. The maximum absolute atomic E-state index is 12.8. The van der Waals surface area contributed by atoms with E-state index >= 15 is 0 Å². The topological polar surface area (TPSA) is 207 Å². The molecule has 15 nitrogen and oxygen atoms in total. The quantitative estimate of drug-likeness (QED) is 0.0770. The van der Waals surface area contributed by atoms with Crippen molar-refractivity contribution in [1.82, 2.24) is 14.0 Å². The zero-order valence-corrected chi connectivity index (χ0v) is 47.7. The first kappa shape index (κ1) is 58.4. The van der Waals surface area contributed by atoms with Gasteiger partial charge in [-0.25, -0.2) is 0 Å². The van der Waals surface area contributed by atoms with Gasteiger partial charge < -0.3 is 24.0 Å². The minimum Gasteiger partial charge on any atom is -0.587 e. The fraction of sp³-hybridized carbons (Fsp3) is 0.358. The minimum absolute atomic E-state index is 0. The number of amides is 4. The van der Waals surface area contributed by atoms with Crippen LogP contribution >= 0.6 is 31.9 Å². The molecule has 2 aliphatic carbocycles. The standard InChI is InChI=1S/C25H25BrN2O2.C18H24BrNO3S.C8H5NO2.2CO2.K/c1-16-11-12-20-21(15-16)27(23(26)22(20)17-7-3-2-4-8-17)13-14-28-24(29)18-9-5-6-10-19(18)25(28)30;1-13-8-9-15-16(12-13)20(10-11-23-24(2,21)22)18(19)17(15)14-6-4-3-5-7-14;10-7-5-3-1-2-4-6(5)8(11)9-7;2*2-1-3;/h5-6,9-12,15,17H,2-4,7-8,13-14H2,1H3;8-9,12,14H,3-7,10-11H2,1-2H3;1-4H,(H,9,10,11);;;/q;;;;;+1/p-1. The fourth-order valence-electron chi connectivity index (χ4n) is 9.90. The number of carbonyl (C=O) groups excluding carboxylic acids is 8. The van der Waals surface area contributed by atoms with Crippen LogP contribution in [0.25, 0.3) is 27.1 Å². The van der Waals surface area contributed by atoms with Gasteiger partial charge in [-0.05, 0) is 130 Å². The summed E-state index contributed by atoms with van der Waals surface area (Å²) in [6.45, 7) is 5.80. The molecule has 372 valence electrons. The molecule has 6 aromatic rings. The van der Waals surface area contributed by atoms with E-state index in [1.54, 1.807) is 36.4 Å². The van der Waals surface area contributed by atoms with E-state index in [2.05, 4.69) is 96.6 Å². The average molecular weight is 1150 g/mol. The Kier molecular flexibility index (Phi) is 22.0. The molecule has 0 atom stereocenters. The largest absolute Gasteiger partial charge is 1.00 e. The van der Waals surface area contributed by atoms with Crippen LogP contribution in [0.15, 0.2) is 94.1 Å². The van der Waals surface area contributed by atoms with Crippen LogP contribution in [0.1, 0.15) is 140 Å². The summed E-state index contributed by atoms with van der Waals surface area (Å²) in [5, 5.41) is 5.85. The molecule has 72 heavy (non-hydrogen) atoms. The molecule has 4 amide bonds. The predicted molar refractivity (Wildman–Crippen MR) is 271 cm³/mol. The van der Waals surface area contributed by atoms with Crippen molar-refractivity contribution in [3.05, 3.63) is 144 Å². The van der Waals surface area contributed by atoms with E-state index in [0.29, 0.717) is 53.7 Å². The van der Waals surface area contributed by atoms with E-state index in [9.17, 15) is 27.6 Å². The molecule has 0 N–H and O–H groups in total. The number of nitrogens with zero attached hydrogens (tertiary/aromatic N) is 4. The van der Waals surface area contributed by atoms with Crippen molar-refractivity contribution in [2.45, 2.75) is 103 Å². The van der Waals surface area contributed by atoms with Gasteiger partial charge in [0.25, 0.3) is 21.9 Å². The summed E-state index contributed by atoms with van der Waals surface area (Å²) >= 11 is 7.69. The Morgan fingerprint density at radius 2 is 0.958 bits per heavy atom. The van der Waals surface area contributed by atoms with Crippen LogP contribution in [-0.2, 0) is 46.6 Å². The van der Waals surface area contributed by atoms with Crippen LogP contribution < -0.4 is 51.4 Å². The van der Waals surface area contributed by atoms with Gasteiger partial charge in [-0.2, -0.15) is 27.6 Å². The molecule has 2 aromatic heterocycles. The van der Waals surface area contributed by atoms with Crippen molar-refractivity contribution >= 4 is 99.7 Å². The Hall–Kier alpha value is -4.49. The fourth-order valence-corrected chi connectivity index (χ4v) is 12.1. The number of aromatic nitrogens is 2. The number of halogens is 2. The molecule has 4 aliphatic rings. The van der Waals surface area contributed by atoms with Gasteiger partial charge in [0.1, 0.15) is 0 Å². The molecule has 0 bridgehead atoms. The number of hydrogen-bond acceptors (Lipinski definition) is 11. The maximum atomic E-state index is 12.8. The van der Waals surface area contributed by atoms with Gasteiger partial charge in [0.15, 0.2) is 0 Å². The first-order valence-corrected chi connectivity index (χ1v) is 26.7. The number of rotatable bonds is 9. The second-order valence-corrected chi connectivity index (χ2v) is 20.8. The first-order valence-electron chi connectivity index (χ1n) is 23.3. The molecule has 2 fully saturated rings. The number of carbonyl (C=O) groups is 4. The van der Waals surface area contributed by atoms with Gasteiger partial charge >= 0.3 is 63.7 Å². The van der Waals surface area contributed by atoms with Crippen LogP contribution in [0.3, 0.4) is 0 Å². The maximum Gasteiger partial charge on any atom is 1.00 e. The second-order valence-electron chi connectivity index (χ2n) is 17.7. The SMILES string of the molecule is Cc1ccc2c(C3CCCCC3)c(Br)n(CCN3C(=O)c4ccccc4C3=O)c2c1.Cc1ccc2c(C3CCCCC3)c(Br)n(CCOS(C)(=O)=O)c2c1.O=C1[N-]C(=O)c2ccccc21.O=C=O.O=C=O.[K+]. The number of fused-ring (bicyclic) bond motifs is 4. The molecular weight excluding hydrogens is 1100 g/mol. The summed E-state index contributed by atoms with van der Waals surface area (Å²) in [5.74, 6) is -0.0794. The average Bonchev–Trinajstić information content (AvgIpc) is 3.99. The molecule has 0 saturated heterocycles. The number of imide groups is 2. The Morgan fingerprint density at radius 1 is 0.583 bits per heavy atom. The van der Waals surface area contributed by atoms with Crippen molar-refractivity contribution in [3.63, 3.8) is 0 Å². The van der Waals surface area contributed by atoms with Crippen molar-refractivity contribution in [3.8, 4) is 0 Å². The van der Waals surface area contributed by atoms with Crippen molar-refractivity contribution in [2.75, 3.05) is 19.4 Å². The summed E-state index contributed by atoms with van der Waals surface area (Å²) < 4.78 is 34.0. The van der Waals surface area contributed by atoms with Crippen molar-refractivity contribution in [2.24, 2.45) is 0 Å². The molecular formula is C53H53Br2KN4O11S. The Balaban J connectivity index is 0.000000203. The molecule has 0 radical (unpaired) electrons. The van der Waals surface area contributed by atoms with Crippen LogP contribution in [0.4, 0.5) is 0 Å². The zero-order valence-electron chi connectivity index (χ0n) is 40.6. The van der Waals surface area contributed by atoms with Crippen molar-refractivity contribution < 1.29 is 102 Å². The number of benzene rings is 4. The zero-order chi connectivity index (χ0) is 51.4. The molecule has 0 spiro atoms. The third-order valence-electron chi connectivity index (χ3n) is 13.0.